The van der Waals surface area contributed by atoms with Crippen LogP contribution in [-0.2, 0) is 4.74 Å². The summed E-state index contributed by atoms with van der Waals surface area (Å²) in [5.41, 5.74) is 5.05. The van der Waals surface area contributed by atoms with Crippen molar-refractivity contribution in [3.05, 3.63) is 42.1 Å². The maximum atomic E-state index is 15.8. The largest absolute Gasteiger partial charge is 0.390 e. The summed E-state index contributed by atoms with van der Waals surface area (Å²) < 4.78 is 21.1. The number of carbonyl (C=O) groups is 1. The molecule has 2 aliphatic heterocycles. The molecule has 1 amide bonds. The van der Waals surface area contributed by atoms with Crippen molar-refractivity contribution in [2.75, 3.05) is 32.8 Å². The minimum Gasteiger partial charge on any atom is -0.390 e. The molecule has 2 fully saturated rings. The SMILES string of the molecule is NC(NC(=O)c1cccc2cccnc12)C1(F)CCN(CC2CCOCC2O)CC1Cl. The van der Waals surface area contributed by atoms with Crippen molar-refractivity contribution >= 4 is 28.4 Å². The number of carbonyl (C=O) groups excluding carboxylic acids is 1. The van der Waals surface area contributed by atoms with E-state index in [2.05, 4.69) is 15.2 Å². The molecule has 4 rings (SSSR count). The van der Waals surface area contributed by atoms with Crippen molar-refractivity contribution in [2.45, 2.75) is 36.2 Å². The summed E-state index contributed by atoms with van der Waals surface area (Å²) in [7, 11) is 0. The van der Waals surface area contributed by atoms with Gasteiger partial charge in [0.1, 0.15) is 6.17 Å². The number of nitrogens with two attached hydrogens (primary N) is 1. The molecule has 5 atom stereocenters. The highest BCUT2D eigenvalue weighted by Crippen LogP contribution is 2.34. The van der Waals surface area contributed by atoms with E-state index in [1.54, 1.807) is 24.4 Å². The maximum Gasteiger partial charge on any atom is 0.254 e. The van der Waals surface area contributed by atoms with E-state index in [0.717, 1.165) is 11.8 Å². The second-order valence-electron chi connectivity index (χ2n) is 8.43. The number of likely N-dealkylation sites (tertiary alicyclic amines) is 1. The third-order valence-electron chi connectivity index (χ3n) is 6.39. The second-order valence-corrected chi connectivity index (χ2v) is 8.95. The van der Waals surface area contributed by atoms with Gasteiger partial charge in [0.15, 0.2) is 5.67 Å². The number of aliphatic hydroxyl groups excluding tert-OH is 1. The molecule has 4 N–H and O–H groups in total. The predicted molar refractivity (Wildman–Crippen MR) is 117 cm³/mol. The summed E-state index contributed by atoms with van der Waals surface area (Å²) in [5, 5.41) is 12.6. The summed E-state index contributed by atoms with van der Waals surface area (Å²) in [6.45, 7) is 2.32. The Labute approximate surface area is 185 Å². The fraction of sp³-hybridized carbons (Fsp3) is 0.545. The van der Waals surface area contributed by atoms with Gasteiger partial charge in [-0.2, -0.15) is 0 Å². The molecule has 31 heavy (non-hydrogen) atoms. The lowest BCUT2D eigenvalue weighted by Crippen LogP contribution is -2.65. The lowest BCUT2D eigenvalue weighted by molar-refractivity contribution is -0.0590. The topological polar surface area (TPSA) is 101 Å². The average molecular weight is 451 g/mol. The number of amides is 1. The zero-order valence-electron chi connectivity index (χ0n) is 17.2. The highest BCUT2D eigenvalue weighted by atomic mass is 35.5. The van der Waals surface area contributed by atoms with Crippen molar-refractivity contribution in [2.24, 2.45) is 11.7 Å². The number of nitrogens with one attached hydrogen (secondary N) is 1. The highest BCUT2D eigenvalue weighted by molar-refractivity contribution is 6.21. The van der Waals surface area contributed by atoms with E-state index in [-0.39, 0.29) is 12.3 Å². The molecule has 0 radical (unpaired) electrons. The van der Waals surface area contributed by atoms with Crippen molar-refractivity contribution in [1.82, 2.24) is 15.2 Å². The molecule has 9 heteroatoms. The Morgan fingerprint density at radius 2 is 2.26 bits per heavy atom. The first kappa shape index (κ1) is 22.4. The van der Waals surface area contributed by atoms with Crippen molar-refractivity contribution < 1.29 is 19.0 Å². The fourth-order valence-electron chi connectivity index (χ4n) is 4.41. The van der Waals surface area contributed by atoms with Gasteiger partial charge in [-0.05, 0) is 25.0 Å². The molecule has 0 bridgehead atoms. The van der Waals surface area contributed by atoms with Crippen LogP contribution in [0.2, 0.25) is 0 Å². The highest BCUT2D eigenvalue weighted by Gasteiger charge is 2.48. The van der Waals surface area contributed by atoms with Gasteiger partial charge in [-0.3, -0.25) is 9.78 Å². The molecule has 2 saturated heterocycles. The smallest absolute Gasteiger partial charge is 0.254 e. The Kier molecular flexibility index (Phi) is 6.74. The number of piperidine rings is 1. The van der Waals surface area contributed by atoms with Gasteiger partial charge in [0, 0.05) is 43.7 Å². The minimum atomic E-state index is -1.94. The number of para-hydroxylation sites is 1. The molecule has 0 aliphatic carbocycles. The van der Waals surface area contributed by atoms with E-state index in [1.807, 2.05) is 12.1 Å². The van der Waals surface area contributed by atoms with Crippen molar-refractivity contribution in [3.63, 3.8) is 0 Å². The number of hydrogen-bond donors (Lipinski definition) is 3. The Balaban J connectivity index is 1.40. The molecule has 7 nitrogen and oxygen atoms in total. The average Bonchev–Trinajstić information content (AvgIpc) is 2.77. The van der Waals surface area contributed by atoms with Crippen molar-refractivity contribution in [3.8, 4) is 0 Å². The van der Waals surface area contributed by atoms with Crippen LogP contribution < -0.4 is 11.1 Å². The molecule has 0 saturated carbocycles. The first-order chi connectivity index (χ1) is 14.9. The summed E-state index contributed by atoms with van der Waals surface area (Å²) in [6.07, 6.45) is 0.693. The van der Waals surface area contributed by atoms with E-state index in [1.165, 1.54) is 0 Å². The van der Waals surface area contributed by atoms with Crippen LogP contribution in [-0.4, -0.2) is 77.1 Å². The predicted octanol–water partition coefficient (Wildman–Crippen LogP) is 1.67. The Hall–Kier alpha value is -1.84. The van der Waals surface area contributed by atoms with Gasteiger partial charge >= 0.3 is 0 Å². The quantitative estimate of drug-likeness (QED) is 0.473. The van der Waals surface area contributed by atoms with Gasteiger partial charge in [-0.15, -0.1) is 11.6 Å². The van der Waals surface area contributed by atoms with Crippen LogP contribution >= 0.6 is 11.6 Å². The molecule has 5 unspecified atom stereocenters. The summed E-state index contributed by atoms with van der Waals surface area (Å²) >= 11 is 6.44. The molecule has 168 valence electrons. The van der Waals surface area contributed by atoms with Gasteiger partial charge in [-0.25, -0.2) is 4.39 Å². The van der Waals surface area contributed by atoms with Crippen LogP contribution in [0, 0.1) is 5.92 Å². The lowest BCUT2D eigenvalue weighted by atomic mass is 9.88. The zero-order valence-corrected chi connectivity index (χ0v) is 18.0. The van der Waals surface area contributed by atoms with E-state index in [4.69, 9.17) is 22.1 Å². The van der Waals surface area contributed by atoms with Gasteiger partial charge in [0.05, 0.1) is 29.2 Å². The number of nitrogens with zero attached hydrogens (tertiary/aromatic N) is 2. The molecule has 2 aromatic rings. The van der Waals surface area contributed by atoms with Crippen LogP contribution in [0.5, 0.6) is 0 Å². The third-order valence-corrected chi connectivity index (χ3v) is 6.89. The standard InChI is InChI=1S/C22H28ClFN4O3/c23-18-12-28(11-15-6-10-31-13-17(15)29)9-7-22(18,24)21(25)27-20(30)16-5-1-3-14-4-2-8-26-19(14)16/h1-5,8,15,17-18,21,29H,6-7,9-13,25H2,(H,27,30). The zero-order chi connectivity index (χ0) is 22.0. The third kappa shape index (κ3) is 4.68. The number of hydrogen-bond acceptors (Lipinski definition) is 6. The number of fused-ring (bicyclic) bond motifs is 1. The molecule has 0 spiro atoms. The molecule has 1 aromatic heterocycles. The molecular weight excluding hydrogens is 423 g/mol. The number of aliphatic hydroxyl groups is 1. The molecule has 3 heterocycles. The number of aromatic nitrogens is 1. The maximum absolute atomic E-state index is 15.8. The van der Waals surface area contributed by atoms with Crippen LogP contribution in [0.1, 0.15) is 23.2 Å². The van der Waals surface area contributed by atoms with Crippen LogP contribution in [0.4, 0.5) is 4.39 Å². The normalized spacial score (nSPS) is 30.8. The minimum absolute atomic E-state index is 0.0805. The fourth-order valence-corrected chi connectivity index (χ4v) is 4.85. The molecule has 1 aromatic carbocycles. The van der Waals surface area contributed by atoms with E-state index >= 15 is 4.39 Å². The van der Waals surface area contributed by atoms with Gasteiger partial charge in [-0.1, -0.05) is 18.2 Å². The van der Waals surface area contributed by atoms with Crippen molar-refractivity contribution in [1.29, 1.82) is 0 Å². The van der Waals surface area contributed by atoms with E-state index in [0.29, 0.717) is 43.9 Å². The summed E-state index contributed by atoms with van der Waals surface area (Å²) in [4.78, 5) is 19.2. The van der Waals surface area contributed by atoms with Gasteiger partial charge in [0.25, 0.3) is 5.91 Å². The van der Waals surface area contributed by atoms with Gasteiger partial charge < -0.3 is 25.8 Å². The number of pyridine rings is 1. The molecule has 2 aliphatic rings. The number of rotatable bonds is 5. The number of alkyl halides is 2. The number of benzene rings is 1. The van der Waals surface area contributed by atoms with E-state index < -0.39 is 29.2 Å². The second kappa shape index (κ2) is 9.34. The first-order valence-electron chi connectivity index (χ1n) is 10.6. The molecular formula is C22H28ClFN4O3. The Bertz CT molecular complexity index is 929. The summed E-state index contributed by atoms with van der Waals surface area (Å²) in [5.74, 6) is -0.401. The number of ether oxygens (including phenoxy) is 1. The van der Waals surface area contributed by atoms with Crippen LogP contribution in [0.15, 0.2) is 36.5 Å². The van der Waals surface area contributed by atoms with Crippen LogP contribution in [0.3, 0.4) is 0 Å². The van der Waals surface area contributed by atoms with Gasteiger partial charge in [0.2, 0.25) is 0 Å². The Morgan fingerprint density at radius 3 is 3.03 bits per heavy atom. The Morgan fingerprint density at radius 1 is 1.45 bits per heavy atom. The first-order valence-corrected chi connectivity index (χ1v) is 11.0. The number of halogens is 2. The van der Waals surface area contributed by atoms with E-state index in [9.17, 15) is 9.90 Å². The lowest BCUT2D eigenvalue weighted by Gasteiger charge is -2.44. The summed E-state index contributed by atoms with van der Waals surface area (Å²) in [6, 6.07) is 8.90. The monoisotopic (exact) mass is 450 g/mol. The van der Waals surface area contributed by atoms with Crippen LogP contribution in [0.25, 0.3) is 10.9 Å².